The van der Waals surface area contributed by atoms with Crippen LogP contribution in [0.2, 0.25) is 0 Å². The van der Waals surface area contributed by atoms with Crippen molar-refractivity contribution in [2.24, 2.45) is 0 Å². The van der Waals surface area contributed by atoms with Crippen LogP contribution in [0.25, 0.3) is 0 Å². The second-order valence-corrected chi connectivity index (χ2v) is 6.11. The molecule has 0 bridgehead atoms. The molecule has 0 atom stereocenters. The first-order valence-electron chi connectivity index (χ1n) is 7.77. The SMILES string of the molecule is CCN(CC(C)(C)O)C(=O)c1ccccc1NCc1ccco1. The summed E-state index contributed by atoms with van der Waals surface area (Å²) in [7, 11) is 0. The summed E-state index contributed by atoms with van der Waals surface area (Å²) in [6, 6.07) is 11.1. The normalized spacial score (nSPS) is 11.3. The van der Waals surface area contributed by atoms with E-state index in [1.54, 1.807) is 31.1 Å². The van der Waals surface area contributed by atoms with Gasteiger partial charge in [-0.05, 0) is 45.0 Å². The average molecular weight is 316 g/mol. The number of para-hydroxylation sites is 1. The van der Waals surface area contributed by atoms with E-state index in [0.29, 0.717) is 18.7 Å². The highest BCUT2D eigenvalue weighted by molar-refractivity contribution is 5.99. The van der Waals surface area contributed by atoms with Gasteiger partial charge in [0, 0.05) is 18.8 Å². The van der Waals surface area contributed by atoms with Crippen molar-refractivity contribution >= 4 is 11.6 Å². The molecule has 0 fully saturated rings. The van der Waals surface area contributed by atoms with Crippen LogP contribution >= 0.6 is 0 Å². The molecule has 0 aliphatic carbocycles. The third kappa shape index (κ3) is 4.86. The first-order valence-corrected chi connectivity index (χ1v) is 7.77. The van der Waals surface area contributed by atoms with Gasteiger partial charge in [0.05, 0.1) is 24.0 Å². The first kappa shape index (κ1) is 17.1. The van der Waals surface area contributed by atoms with Crippen LogP contribution in [0.5, 0.6) is 0 Å². The molecule has 23 heavy (non-hydrogen) atoms. The number of hydrogen-bond acceptors (Lipinski definition) is 4. The van der Waals surface area contributed by atoms with Gasteiger partial charge in [-0.3, -0.25) is 4.79 Å². The molecule has 2 rings (SSSR count). The highest BCUT2D eigenvalue weighted by Crippen LogP contribution is 2.19. The fourth-order valence-corrected chi connectivity index (χ4v) is 2.38. The molecule has 1 aromatic carbocycles. The minimum atomic E-state index is -0.928. The highest BCUT2D eigenvalue weighted by atomic mass is 16.3. The maximum absolute atomic E-state index is 12.8. The number of carbonyl (C=O) groups excluding carboxylic acids is 1. The fraction of sp³-hybridized carbons (Fsp3) is 0.389. The first-order chi connectivity index (χ1) is 10.9. The Kier molecular flexibility index (Phi) is 5.45. The number of likely N-dealkylation sites (N-methyl/N-ethyl adjacent to an activating group) is 1. The van der Waals surface area contributed by atoms with E-state index in [1.807, 2.05) is 37.3 Å². The molecule has 2 aromatic rings. The predicted molar refractivity (Wildman–Crippen MR) is 90.4 cm³/mol. The molecule has 1 aromatic heterocycles. The number of amides is 1. The number of rotatable bonds is 7. The number of anilines is 1. The maximum atomic E-state index is 12.8. The molecule has 0 aliphatic heterocycles. The van der Waals surface area contributed by atoms with Crippen molar-refractivity contribution in [2.75, 3.05) is 18.4 Å². The zero-order valence-corrected chi connectivity index (χ0v) is 13.9. The summed E-state index contributed by atoms with van der Waals surface area (Å²) < 4.78 is 5.30. The van der Waals surface area contributed by atoms with Gasteiger partial charge >= 0.3 is 0 Å². The predicted octanol–water partition coefficient (Wildman–Crippen LogP) is 3.12. The van der Waals surface area contributed by atoms with E-state index in [0.717, 1.165) is 11.4 Å². The van der Waals surface area contributed by atoms with E-state index in [4.69, 9.17) is 4.42 Å². The molecular weight excluding hydrogens is 292 g/mol. The molecule has 5 heteroatoms. The van der Waals surface area contributed by atoms with E-state index in [1.165, 1.54) is 0 Å². The Morgan fingerprint density at radius 1 is 1.26 bits per heavy atom. The summed E-state index contributed by atoms with van der Waals surface area (Å²) in [5.74, 6) is 0.702. The van der Waals surface area contributed by atoms with Gasteiger partial charge in [0.2, 0.25) is 0 Å². The summed E-state index contributed by atoms with van der Waals surface area (Å²) in [6.07, 6.45) is 1.62. The van der Waals surface area contributed by atoms with Crippen molar-refractivity contribution in [3.8, 4) is 0 Å². The van der Waals surface area contributed by atoms with Gasteiger partial charge in [-0.1, -0.05) is 12.1 Å². The van der Waals surface area contributed by atoms with E-state index in [-0.39, 0.29) is 12.5 Å². The molecule has 0 saturated carbocycles. The van der Waals surface area contributed by atoms with Crippen LogP contribution in [0.4, 0.5) is 5.69 Å². The topological polar surface area (TPSA) is 65.7 Å². The Balaban J connectivity index is 2.16. The van der Waals surface area contributed by atoms with Gasteiger partial charge in [-0.25, -0.2) is 0 Å². The summed E-state index contributed by atoms with van der Waals surface area (Å²) in [5.41, 5.74) is 0.413. The van der Waals surface area contributed by atoms with E-state index in [9.17, 15) is 9.90 Å². The Morgan fingerprint density at radius 3 is 2.61 bits per heavy atom. The molecule has 0 spiro atoms. The lowest BCUT2D eigenvalue weighted by Gasteiger charge is -2.28. The van der Waals surface area contributed by atoms with Gasteiger partial charge in [0.25, 0.3) is 5.91 Å². The van der Waals surface area contributed by atoms with Crippen LogP contribution in [0.3, 0.4) is 0 Å². The quantitative estimate of drug-likeness (QED) is 0.823. The van der Waals surface area contributed by atoms with Gasteiger partial charge in [-0.15, -0.1) is 0 Å². The number of carbonyl (C=O) groups is 1. The Morgan fingerprint density at radius 2 is 2.00 bits per heavy atom. The van der Waals surface area contributed by atoms with Crippen molar-refractivity contribution in [3.63, 3.8) is 0 Å². The number of furan rings is 1. The lowest BCUT2D eigenvalue weighted by Crippen LogP contribution is -2.42. The minimum Gasteiger partial charge on any atom is -0.467 e. The molecule has 124 valence electrons. The smallest absolute Gasteiger partial charge is 0.256 e. The van der Waals surface area contributed by atoms with E-state index < -0.39 is 5.60 Å². The number of nitrogens with one attached hydrogen (secondary N) is 1. The van der Waals surface area contributed by atoms with Crippen molar-refractivity contribution in [1.29, 1.82) is 0 Å². The average Bonchev–Trinajstić information content (AvgIpc) is 3.03. The largest absolute Gasteiger partial charge is 0.467 e. The molecule has 0 saturated heterocycles. The highest BCUT2D eigenvalue weighted by Gasteiger charge is 2.23. The van der Waals surface area contributed by atoms with Crippen molar-refractivity contribution in [3.05, 3.63) is 54.0 Å². The van der Waals surface area contributed by atoms with Crippen LogP contribution in [-0.4, -0.2) is 34.6 Å². The third-order valence-electron chi connectivity index (χ3n) is 3.44. The fourth-order valence-electron chi connectivity index (χ4n) is 2.38. The Hall–Kier alpha value is -2.27. The Labute approximate surface area is 136 Å². The van der Waals surface area contributed by atoms with Crippen LogP contribution in [0, 0.1) is 0 Å². The summed E-state index contributed by atoms with van der Waals surface area (Å²) in [4.78, 5) is 14.4. The van der Waals surface area contributed by atoms with Gasteiger partial charge < -0.3 is 19.7 Å². The molecule has 2 N–H and O–H groups in total. The maximum Gasteiger partial charge on any atom is 0.256 e. The van der Waals surface area contributed by atoms with Gasteiger partial charge in [-0.2, -0.15) is 0 Å². The molecule has 0 unspecified atom stereocenters. The van der Waals surface area contributed by atoms with E-state index >= 15 is 0 Å². The minimum absolute atomic E-state index is 0.0998. The van der Waals surface area contributed by atoms with E-state index in [2.05, 4.69) is 5.32 Å². The molecule has 0 radical (unpaired) electrons. The molecule has 1 heterocycles. The second-order valence-electron chi connectivity index (χ2n) is 6.11. The van der Waals surface area contributed by atoms with Crippen molar-refractivity contribution < 1.29 is 14.3 Å². The lowest BCUT2D eigenvalue weighted by molar-refractivity contribution is 0.0315. The number of benzene rings is 1. The van der Waals surface area contributed by atoms with Gasteiger partial charge in [0.1, 0.15) is 5.76 Å². The van der Waals surface area contributed by atoms with Crippen LogP contribution in [0.1, 0.15) is 36.9 Å². The van der Waals surface area contributed by atoms with Gasteiger partial charge in [0.15, 0.2) is 0 Å². The Bertz CT molecular complexity index is 630. The summed E-state index contributed by atoms with van der Waals surface area (Å²) >= 11 is 0. The molecule has 1 amide bonds. The number of hydrogen-bond donors (Lipinski definition) is 2. The molecule has 0 aliphatic rings. The second kappa shape index (κ2) is 7.33. The van der Waals surface area contributed by atoms with Crippen LogP contribution in [-0.2, 0) is 6.54 Å². The lowest BCUT2D eigenvalue weighted by atomic mass is 10.1. The monoisotopic (exact) mass is 316 g/mol. The van der Waals surface area contributed by atoms with Crippen LogP contribution in [0.15, 0.2) is 47.1 Å². The van der Waals surface area contributed by atoms with Crippen molar-refractivity contribution in [1.82, 2.24) is 4.90 Å². The summed E-state index contributed by atoms with van der Waals surface area (Å²) in [6.45, 7) is 6.63. The zero-order valence-electron chi connectivity index (χ0n) is 13.9. The molecule has 5 nitrogen and oxygen atoms in total. The standard InChI is InChI=1S/C18H24N2O3/c1-4-20(13-18(2,3)22)17(21)15-9-5-6-10-16(15)19-12-14-8-7-11-23-14/h5-11,19,22H,4,12-13H2,1-3H3. The number of nitrogens with zero attached hydrogens (tertiary/aromatic N) is 1. The van der Waals surface area contributed by atoms with Crippen LogP contribution < -0.4 is 5.32 Å². The molecular formula is C18H24N2O3. The van der Waals surface area contributed by atoms with Crippen molar-refractivity contribution in [2.45, 2.75) is 32.9 Å². The zero-order chi connectivity index (χ0) is 16.9. The third-order valence-corrected chi connectivity index (χ3v) is 3.44. The number of aliphatic hydroxyl groups is 1. The summed E-state index contributed by atoms with van der Waals surface area (Å²) in [5, 5.41) is 13.2.